The zero-order valence-electron chi connectivity index (χ0n) is 23.3. The number of H-pyrrole nitrogens is 1. The van der Waals surface area contributed by atoms with Crippen molar-refractivity contribution in [2.45, 2.75) is 71.4 Å². The molecule has 0 fully saturated rings. The molecule has 0 radical (unpaired) electrons. The van der Waals surface area contributed by atoms with E-state index in [1.165, 1.54) is 33.0 Å². The van der Waals surface area contributed by atoms with Gasteiger partial charge in [-0.25, -0.2) is 4.79 Å². The number of carbonyl (C=O) groups is 3. The third-order valence-corrected chi connectivity index (χ3v) is 6.27. The van der Waals surface area contributed by atoms with Crippen LogP contribution in [0.3, 0.4) is 0 Å². The molecule has 2 atom stereocenters. The predicted octanol–water partition coefficient (Wildman–Crippen LogP) is 6.33. The molecule has 0 spiro atoms. The third-order valence-electron chi connectivity index (χ3n) is 6.27. The molecule has 3 rings (SSSR count). The highest BCUT2D eigenvalue weighted by molar-refractivity contribution is 6.42. The minimum absolute atomic E-state index is 0.0663. The van der Waals surface area contributed by atoms with E-state index in [9.17, 15) is 45.8 Å². The number of hydrogen-bond donors (Lipinski definition) is 3. The Hall–Kier alpha value is -4.44. The molecule has 2 heterocycles. The normalized spacial score (nSPS) is 13.8. The Morgan fingerprint density at radius 1 is 1.02 bits per heavy atom. The number of nitrogens with zero attached hydrogens (tertiary/aromatic N) is 4. The lowest BCUT2D eigenvalue weighted by atomic mass is 9.84. The summed E-state index contributed by atoms with van der Waals surface area (Å²) in [5, 5.41) is 26.0. The summed E-state index contributed by atoms with van der Waals surface area (Å²) in [6, 6.07) is -0.974. The van der Waals surface area contributed by atoms with Crippen LogP contribution >= 0.6 is 0 Å². The van der Waals surface area contributed by atoms with Gasteiger partial charge in [0.15, 0.2) is 0 Å². The topological polar surface area (TPSA) is 154 Å². The van der Waals surface area contributed by atoms with E-state index >= 15 is 0 Å². The molecule has 234 valence electrons. The van der Waals surface area contributed by atoms with Crippen LogP contribution in [-0.4, -0.2) is 54.2 Å². The molecule has 2 amide bonds. The van der Waals surface area contributed by atoms with Crippen molar-refractivity contribution in [3.05, 3.63) is 47.5 Å². The van der Waals surface area contributed by atoms with Crippen LogP contribution in [0.4, 0.5) is 37.0 Å². The molecule has 17 heteroatoms. The molecule has 43 heavy (non-hydrogen) atoms. The highest BCUT2D eigenvalue weighted by Gasteiger charge is 2.46. The summed E-state index contributed by atoms with van der Waals surface area (Å²) in [5.41, 5.74) is -5.10. The van der Waals surface area contributed by atoms with Crippen molar-refractivity contribution in [1.29, 1.82) is 0 Å². The number of aromatic nitrogens is 4. The Morgan fingerprint density at radius 3 is 2.09 bits per heavy atom. The number of anilines is 1. The lowest BCUT2D eigenvalue weighted by Crippen LogP contribution is -2.52. The minimum Gasteiger partial charge on any atom is -0.465 e. The quantitative estimate of drug-likeness (QED) is 0.176. The number of benzene rings is 1. The number of nitrogens with one attached hydrogen (secondary N) is 2. The summed E-state index contributed by atoms with van der Waals surface area (Å²) in [7, 11) is 0. The average molecular weight is 619 g/mol. The first-order valence-electron chi connectivity index (χ1n) is 12.8. The van der Waals surface area contributed by atoms with E-state index in [0.29, 0.717) is 29.9 Å². The molecule has 0 aliphatic heterocycles. The number of halogens is 6. The second-order valence-electron chi connectivity index (χ2n) is 10.6. The van der Waals surface area contributed by atoms with E-state index in [2.05, 4.69) is 25.7 Å². The minimum atomic E-state index is -5.14. The Kier molecular flexibility index (Phi) is 9.56. The van der Waals surface area contributed by atoms with Gasteiger partial charge in [0.25, 0.3) is 5.91 Å². The first-order valence-corrected chi connectivity index (χ1v) is 12.8. The molecule has 11 nitrogen and oxygen atoms in total. The first kappa shape index (κ1) is 33.1. The summed E-state index contributed by atoms with van der Waals surface area (Å²) in [5.74, 6) is -3.48. The van der Waals surface area contributed by atoms with E-state index in [4.69, 9.17) is 4.42 Å². The van der Waals surface area contributed by atoms with Gasteiger partial charge in [-0.05, 0) is 30.0 Å². The van der Waals surface area contributed by atoms with Gasteiger partial charge in [-0.15, -0.1) is 10.2 Å². The van der Waals surface area contributed by atoms with Crippen LogP contribution in [0.15, 0.2) is 34.9 Å². The van der Waals surface area contributed by atoms with Crippen molar-refractivity contribution in [2.75, 3.05) is 5.32 Å². The summed E-state index contributed by atoms with van der Waals surface area (Å²) in [6.07, 6.45) is -9.92. The standard InChI is InChI=1S/C26H28F6N6O5/c1-5-6-7-16(18(39)20(40)34-17-8-9-33-35-17)38(23(41)42)19(24(2,3)4)22-37-36-21(43-22)13-10-14(25(27,28)29)12-15(11-13)26(30,31)32/h8-12,16,19H,5-7H2,1-4H3,(H,41,42)(H2,33,34,35,40)/t16-,19+/m0/s1. The first-order chi connectivity index (χ1) is 19.8. The molecule has 0 aliphatic carbocycles. The number of aromatic amines is 1. The molecule has 3 aromatic rings. The van der Waals surface area contributed by atoms with Crippen LogP contribution in [0, 0.1) is 5.41 Å². The van der Waals surface area contributed by atoms with E-state index in [1.807, 2.05) is 0 Å². The summed E-state index contributed by atoms with van der Waals surface area (Å²) in [6.45, 7) is 6.38. The van der Waals surface area contributed by atoms with E-state index in [-0.39, 0.29) is 18.3 Å². The van der Waals surface area contributed by atoms with E-state index in [0.717, 1.165) is 0 Å². The summed E-state index contributed by atoms with van der Waals surface area (Å²) in [4.78, 5) is 39.5. The van der Waals surface area contributed by atoms with Gasteiger partial charge in [0.05, 0.1) is 17.3 Å². The Balaban J connectivity index is 2.11. The van der Waals surface area contributed by atoms with E-state index < -0.39 is 76.1 Å². The van der Waals surface area contributed by atoms with Crippen LogP contribution in [0.25, 0.3) is 11.5 Å². The number of hydrogen-bond acceptors (Lipinski definition) is 7. The Bertz CT molecular complexity index is 1410. The van der Waals surface area contributed by atoms with Gasteiger partial charge in [0.2, 0.25) is 17.6 Å². The summed E-state index contributed by atoms with van der Waals surface area (Å²) >= 11 is 0. The molecule has 0 saturated carbocycles. The highest BCUT2D eigenvalue weighted by atomic mass is 19.4. The van der Waals surface area contributed by atoms with Crippen LogP contribution in [0.2, 0.25) is 0 Å². The van der Waals surface area contributed by atoms with Gasteiger partial charge in [-0.3, -0.25) is 19.6 Å². The van der Waals surface area contributed by atoms with Crippen LogP contribution in [0.5, 0.6) is 0 Å². The average Bonchev–Trinajstić information content (AvgIpc) is 3.58. The number of Topliss-reactive ketones (excluding diaryl/α,β-unsaturated/α-hetero) is 1. The van der Waals surface area contributed by atoms with Gasteiger partial charge in [-0.1, -0.05) is 40.5 Å². The molecule has 1 aromatic carbocycles. The molecule has 3 N–H and O–H groups in total. The number of amides is 2. The van der Waals surface area contributed by atoms with Gasteiger partial charge < -0.3 is 14.8 Å². The second-order valence-corrected chi connectivity index (χ2v) is 10.6. The van der Waals surface area contributed by atoms with E-state index in [1.54, 1.807) is 6.92 Å². The maximum atomic E-state index is 13.4. The monoisotopic (exact) mass is 618 g/mol. The van der Waals surface area contributed by atoms with Crippen LogP contribution < -0.4 is 5.32 Å². The van der Waals surface area contributed by atoms with Crippen LogP contribution in [-0.2, 0) is 21.9 Å². The van der Waals surface area contributed by atoms with Crippen molar-refractivity contribution in [3.8, 4) is 11.5 Å². The molecule has 0 bridgehead atoms. The third kappa shape index (κ3) is 7.90. The van der Waals surface area contributed by atoms with Crippen LogP contribution in [0.1, 0.15) is 70.0 Å². The fourth-order valence-corrected chi connectivity index (χ4v) is 4.33. The van der Waals surface area contributed by atoms with Gasteiger partial charge >= 0.3 is 18.4 Å². The number of carboxylic acid groups (broad SMARTS) is 1. The second kappa shape index (κ2) is 12.4. The van der Waals surface area contributed by atoms with Gasteiger partial charge in [-0.2, -0.15) is 31.4 Å². The zero-order valence-corrected chi connectivity index (χ0v) is 23.3. The van der Waals surface area contributed by atoms with Crippen molar-refractivity contribution in [2.24, 2.45) is 5.41 Å². The van der Waals surface area contributed by atoms with Crippen molar-refractivity contribution in [1.82, 2.24) is 25.3 Å². The largest absolute Gasteiger partial charge is 0.465 e. The maximum absolute atomic E-state index is 13.4. The fourth-order valence-electron chi connectivity index (χ4n) is 4.33. The highest BCUT2D eigenvalue weighted by Crippen LogP contribution is 2.42. The Morgan fingerprint density at radius 2 is 1.63 bits per heavy atom. The Labute approximate surface area is 240 Å². The number of carbonyl (C=O) groups excluding carboxylic acids is 2. The van der Waals surface area contributed by atoms with Crippen molar-refractivity contribution in [3.63, 3.8) is 0 Å². The molecule has 0 unspecified atom stereocenters. The molecule has 0 aliphatic rings. The molecule has 0 saturated heterocycles. The maximum Gasteiger partial charge on any atom is 0.416 e. The number of alkyl halides is 6. The molecular weight excluding hydrogens is 590 g/mol. The summed E-state index contributed by atoms with van der Waals surface area (Å²) < 4.78 is 86.0. The zero-order chi connectivity index (χ0) is 32.3. The lowest BCUT2D eigenvalue weighted by Gasteiger charge is -2.39. The predicted molar refractivity (Wildman–Crippen MR) is 137 cm³/mol. The van der Waals surface area contributed by atoms with Gasteiger partial charge in [0, 0.05) is 11.6 Å². The fraction of sp³-hybridized carbons (Fsp3) is 0.462. The van der Waals surface area contributed by atoms with Gasteiger partial charge in [0.1, 0.15) is 17.9 Å². The molecular formula is C26H28F6N6O5. The number of ketones is 1. The van der Waals surface area contributed by atoms with Crippen molar-refractivity contribution >= 4 is 23.6 Å². The van der Waals surface area contributed by atoms with Crippen molar-refractivity contribution < 1.29 is 50.2 Å². The number of unbranched alkanes of at least 4 members (excludes halogenated alkanes) is 1. The molecule has 2 aromatic heterocycles. The lowest BCUT2D eigenvalue weighted by molar-refractivity contribution is -0.143. The smallest absolute Gasteiger partial charge is 0.416 e. The SMILES string of the molecule is CCCC[C@@H](C(=O)C(=O)Nc1ccn[nH]1)N(C(=O)O)[C@H](c1nnc(-c2cc(C(F)(F)F)cc(C(F)(F)F)c2)o1)C(C)(C)C. The number of rotatable bonds is 10.